The van der Waals surface area contributed by atoms with Crippen molar-refractivity contribution in [3.63, 3.8) is 0 Å². The van der Waals surface area contributed by atoms with Gasteiger partial charge in [0.1, 0.15) is 0 Å². The summed E-state index contributed by atoms with van der Waals surface area (Å²) in [5.74, 6) is 1.42. The zero-order chi connectivity index (χ0) is 19.1. The Labute approximate surface area is 152 Å². The third-order valence-electron chi connectivity index (χ3n) is 3.66. The van der Waals surface area contributed by atoms with Gasteiger partial charge < -0.3 is 24.1 Å². The Balaban J connectivity index is 2.27. The first-order valence-electron chi connectivity index (χ1n) is 8.02. The van der Waals surface area contributed by atoms with Gasteiger partial charge in [0.15, 0.2) is 28.8 Å². The van der Waals surface area contributed by atoms with Gasteiger partial charge in [0.25, 0.3) is 0 Å². The predicted octanol–water partition coefficient (Wildman–Crippen LogP) is 3.71. The maximum absolute atomic E-state index is 12.5. The summed E-state index contributed by atoms with van der Waals surface area (Å²) < 4.78 is 21.0. The molecule has 0 amide bonds. The summed E-state index contributed by atoms with van der Waals surface area (Å²) in [6, 6.07) is 8.11. The normalized spacial score (nSPS) is 10.6. The molecule has 0 aromatic heterocycles. The number of aromatic hydroxyl groups is 1. The Morgan fingerprint density at radius 3 is 2.15 bits per heavy atom. The molecule has 0 heterocycles. The molecule has 0 fully saturated rings. The molecule has 0 saturated heterocycles. The highest BCUT2D eigenvalue weighted by Gasteiger charge is 2.15. The van der Waals surface area contributed by atoms with Crippen LogP contribution in [0.25, 0.3) is 6.08 Å². The van der Waals surface area contributed by atoms with Crippen molar-refractivity contribution in [2.45, 2.75) is 6.92 Å². The largest absolute Gasteiger partial charge is 0.504 e. The van der Waals surface area contributed by atoms with E-state index in [0.717, 1.165) is 0 Å². The van der Waals surface area contributed by atoms with E-state index in [1.165, 1.54) is 33.5 Å². The van der Waals surface area contributed by atoms with Crippen molar-refractivity contribution < 1.29 is 28.8 Å². The van der Waals surface area contributed by atoms with Gasteiger partial charge in [-0.3, -0.25) is 4.79 Å². The van der Waals surface area contributed by atoms with E-state index in [1.807, 2.05) is 6.92 Å². The molecule has 2 aromatic rings. The van der Waals surface area contributed by atoms with Crippen LogP contribution >= 0.6 is 0 Å². The SMILES string of the molecule is CCOc1ccc(C=CC(=O)c2cc(OC)c(OC)c(OC)c2)cc1O. The number of carbonyl (C=O) groups is 1. The highest BCUT2D eigenvalue weighted by molar-refractivity contribution is 6.07. The van der Waals surface area contributed by atoms with Gasteiger partial charge in [-0.2, -0.15) is 0 Å². The Hall–Kier alpha value is -3.15. The van der Waals surface area contributed by atoms with Gasteiger partial charge in [-0.15, -0.1) is 0 Å². The predicted molar refractivity (Wildman–Crippen MR) is 98.7 cm³/mol. The van der Waals surface area contributed by atoms with Gasteiger partial charge in [-0.05, 0) is 42.8 Å². The summed E-state index contributed by atoms with van der Waals surface area (Å²) in [6.07, 6.45) is 3.02. The van der Waals surface area contributed by atoms with E-state index in [0.29, 0.717) is 40.7 Å². The number of benzene rings is 2. The van der Waals surface area contributed by atoms with Crippen LogP contribution in [0.3, 0.4) is 0 Å². The van der Waals surface area contributed by atoms with Gasteiger partial charge in [-0.25, -0.2) is 0 Å². The second-order valence-corrected chi connectivity index (χ2v) is 5.27. The summed E-state index contributed by atoms with van der Waals surface area (Å²) in [5.41, 5.74) is 1.07. The highest BCUT2D eigenvalue weighted by Crippen LogP contribution is 2.38. The molecule has 138 valence electrons. The van der Waals surface area contributed by atoms with Crippen molar-refractivity contribution >= 4 is 11.9 Å². The van der Waals surface area contributed by atoms with Crippen molar-refractivity contribution in [1.29, 1.82) is 0 Å². The smallest absolute Gasteiger partial charge is 0.203 e. The summed E-state index contributed by atoms with van der Waals surface area (Å²) in [6.45, 7) is 2.30. The number of hydrogen-bond donors (Lipinski definition) is 1. The summed E-state index contributed by atoms with van der Waals surface area (Å²) in [5, 5.41) is 9.91. The zero-order valence-electron chi connectivity index (χ0n) is 15.2. The number of phenolic OH excluding ortho intramolecular Hbond substituents is 1. The van der Waals surface area contributed by atoms with Crippen molar-refractivity contribution in [3.05, 3.63) is 47.5 Å². The number of rotatable bonds is 8. The number of methoxy groups -OCH3 is 3. The molecule has 2 rings (SSSR count). The molecule has 26 heavy (non-hydrogen) atoms. The molecule has 2 aromatic carbocycles. The minimum atomic E-state index is -0.238. The molecule has 0 atom stereocenters. The van der Waals surface area contributed by atoms with Crippen molar-refractivity contribution in [2.75, 3.05) is 27.9 Å². The van der Waals surface area contributed by atoms with E-state index in [-0.39, 0.29) is 11.5 Å². The minimum Gasteiger partial charge on any atom is -0.504 e. The lowest BCUT2D eigenvalue weighted by molar-refractivity contribution is 0.104. The molecule has 0 radical (unpaired) electrons. The maximum Gasteiger partial charge on any atom is 0.203 e. The first kappa shape index (κ1) is 19.2. The molecule has 6 nitrogen and oxygen atoms in total. The number of carbonyl (C=O) groups excluding carboxylic acids is 1. The molecule has 1 N–H and O–H groups in total. The Bertz CT molecular complexity index is 785. The van der Waals surface area contributed by atoms with Crippen molar-refractivity contribution in [2.24, 2.45) is 0 Å². The molecule has 0 spiro atoms. The average molecular weight is 358 g/mol. The number of ether oxygens (including phenoxy) is 4. The molecule has 0 unspecified atom stereocenters. The van der Waals surface area contributed by atoms with Crippen LogP contribution in [0.15, 0.2) is 36.4 Å². The monoisotopic (exact) mass is 358 g/mol. The number of allylic oxidation sites excluding steroid dienone is 1. The molecule has 0 aliphatic rings. The molecule has 0 aliphatic carbocycles. The summed E-state index contributed by atoms with van der Waals surface area (Å²) >= 11 is 0. The zero-order valence-corrected chi connectivity index (χ0v) is 15.2. The van der Waals surface area contributed by atoms with E-state index in [4.69, 9.17) is 18.9 Å². The molecular weight excluding hydrogens is 336 g/mol. The van der Waals surface area contributed by atoms with Gasteiger partial charge in [0.05, 0.1) is 27.9 Å². The molecule has 0 saturated carbocycles. The van der Waals surface area contributed by atoms with Crippen molar-refractivity contribution in [1.82, 2.24) is 0 Å². The first-order valence-corrected chi connectivity index (χ1v) is 8.02. The quantitative estimate of drug-likeness (QED) is 0.573. The fourth-order valence-corrected chi connectivity index (χ4v) is 2.41. The molecule has 0 aliphatic heterocycles. The second-order valence-electron chi connectivity index (χ2n) is 5.27. The van der Waals surface area contributed by atoms with Crippen molar-refractivity contribution in [3.8, 4) is 28.7 Å². The number of ketones is 1. The third-order valence-corrected chi connectivity index (χ3v) is 3.66. The minimum absolute atomic E-state index is 0.0224. The lowest BCUT2D eigenvalue weighted by Crippen LogP contribution is -2.00. The molecule has 6 heteroatoms. The van der Waals surface area contributed by atoms with Crippen LogP contribution in [0.1, 0.15) is 22.8 Å². The molecular formula is C20H22O6. The maximum atomic E-state index is 12.5. The van der Waals surface area contributed by atoms with Crippen LogP contribution in [0.2, 0.25) is 0 Å². The Morgan fingerprint density at radius 2 is 1.65 bits per heavy atom. The topological polar surface area (TPSA) is 74.2 Å². The van der Waals surface area contributed by atoms with E-state index < -0.39 is 0 Å². The summed E-state index contributed by atoms with van der Waals surface area (Å²) in [4.78, 5) is 12.5. The van der Waals surface area contributed by atoms with Gasteiger partial charge in [0.2, 0.25) is 5.75 Å². The lowest BCUT2D eigenvalue weighted by atomic mass is 10.1. The molecule has 0 bridgehead atoms. The van der Waals surface area contributed by atoms with Crippen LogP contribution in [0, 0.1) is 0 Å². The van der Waals surface area contributed by atoms with E-state index in [9.17, 15) is 9.90 Å². The third kappa shape index (κ3) is 4.27. The fraction of sp³-hybridized carbons (Fsp3) is 0.250. The standard InChI is InChI=1S/C20H22O6/c1-5-26-17-9-7-13(10-16(17)22)6-8-15(21)14-11-18(23-2)20(25-4)19(12-14)24-3/h6-12,22H,5H2,1-4H3. The Morgan fingerprint density at radius 1 is 1.00 bits per heavy atom. The van der Waals surface area contributed by atoms with E-state index in [2.05, 4.69) is 0 Å². The lowest BCUT2D eigenvalue weighted by Gasteiger charge is -2.13. The van der Waals surface area contributed by atoms with Crippen LogP contribution in [-0.2, 0) is 0 Å². The van der Waals surface area contributed by atoms with E-state index in [1.54, 1.807) is 30.3 Å². The Kier molecular flexibility index (Phi) is 6.49. The van der Waals surface area contributed by atoms with Gasteiger partial charge >= 0.3 is 0 Å². The number of phenols is 1. The summed E-state index contributed by atoms with van der Waals surface area (Å²) in [7, 11) is 4.48. The van der Waals surface area contributed by atoms with Gasteiger partial charge in [-0.1, -0.05) is 12.1 Å². The van der Waals surface area contributed by atoms with Crippen LogP contribution in [0.5, 0.6) is 28.7 Å². The van der Waals surface area contributed by atoms with Crippen LogP contribution in [0.4, 0.5) is 0 Å². The van der Waals surface area contributed by atoms with Crippen LogP contribution < -0.4 is 18.9 Å². The average Bonchev–Trinajstić information content (AvgIpc) is 2.66. The highest BCUT2D eigenvalue weighted by atomic mass is 16.5. The number of hydrogen-bond acceptors (Lipinski definition) is 6. The second kappa shape index (κ2) is 8.80. The van der Waals surface area contributed by atoms with E-state index >= 15 is 0 Å². The fourth-order valence-electron chi connectivity index (χ4n) is 2.41. The van der Waals surface area contributed by atoms with Gasteiger partial charge in [0, 0.05) is 5.56 Å². The first-order chi connectivity index (χ1) is 12.5. The van der Waals surface area contributed by atoms with Crippen LogP contribution in [-0.4, -0.2) is 38.8 Å².